The van der Waals surface area contributed by atoms with Crippen LogP contribution in [0.4, 0.5) is 14.5 Å². The van der Waals surface area contributed by atoms with Gasteiger partial charge in [0, 0.05) is 24.0 Å². The number of aromatic nitrogens is 1. The van der Waals surface area contributed by atoms with Crippen molar-refractivity contribution in [2.75, 3.05) is 0 Å². The standard InChI is InChI=1S/C13H8F2N2O4/c14-13(15)21-9-3-4-11(17(19)20)10(6-9)12(18)8-2-1-5-16-7-8/h1-7,13H. The van der Waals surface area contributed by atoms with Crippen LogP contribution in [0.1, 0.15) is 15.9 Å². The number of nitrogens with zero attached hydrogens (tertiary/aromatic N) is 2. The van der Waals surface area contributed by atoms with E-state index in [1.807, 2.05) is 0 Å². The summed E-state index contributed by atoms with van der Waals surface area (Å²) in [4.78, 5) is 26.1. The largest absolute Gasteiger partial charge is 0.435 e. The highest BCUT2D eigenvalue weighted by atomic mass is 19.3. The highest BCUT2D eigenvalue weighted by molar-refractivity contribution is 6.11. The number of nitro benzene ring substituents is 1. The Morgan fingerprint density at radius 2 is 2.10 bits per heavy atom. The van der Waals surface area contributed by atoms with Crippen LogP contribution in [0.25, 0.3) is 0 Å². The summed E-state index contributed by atoms with van der Waals surface area (Å²) in [6.07, 6.45) is 2.66. The molecule has 0 aliphatic rings. The molecule has 1 aromatic heterocycles. The van der Waals surface area contributed by atoms with Crippen LogP contribution in [0.2, 0.25) is 0 Å². The van der Waals surface area contributed by atoms with Crippen molar-refractivity contribution in [3.05, 3.63) is 64.0 Å². The zero-order valence-corrected chi connectivity index (χ0v) is 10.4. The Kier molecular flexibility index (Phi) is 4.17. The summed E-state index contributed by atoms with van der Waals surface area (Å²) < 4.78 is 28.5. The molecule has 0 saturated carbocycles. The number of hydrogen-bond donors (Lipinski definition) is 0. The topological polar surface area (TPSA) is 82.3 Å². The molecule has 21 heavy (non-hydrogen) atoms. The van der Waals surface area contributed by atoms with Gasteiger partial charge in [-0.15, -0.1) is 0 Å². The molecule has 0 radical (unpaired) electrons. The number of halogens is 2. The monoisotopic (exact) mass is 294 g/mol. The van der Waals surface area contributed by atoms with Gasteiger partial charge in [-0.2, -0.15) is 8.78 Å². The van der Waals surface area contributed by atoms with Gasteiger partial charge in [0.05, 0.1) is 4.92 Å². The number of carbonyl (C=O) groups is 1. The van der Waals surface area contributed by atoms with Gasteiger partial charge in [0.2, 0.25) is 5.78 Å². The van der Waals surface area contributed by atoms with Crippen LogP contribution >= 0.6 is 0 Å². The molecular weight excluding hydrogens is 286 g/mol. The van der Waals surface area contributed by atoms with E-state index in [1.165, 1.54) is 24.5 Å². The first-order valence-electron chi connectivity index (χ1n) is 5.67. The van der Waals surface area contributed by atoms with Gasteiger partial charge >= 0.3 is 6.61 Å². The van der Waals surface area contributed by atoms with Gasteiger partial charge in [-0.05, 0) is 24.3 Å². The Morgan fingerprint density at radius 1 is 1.33 bits per heavy atom. The summed E-state index contributed by atoms with van der Waals surface area (Å²) in [5, 5.41) is 10.9. The molecule has 0 spiro atoms. The van der Waals surface area contributed by atoms with E-state index in [1.54, 1.807) is 0 Å². The number of hydrogen-bond acceptors (Lipinski definition) is 5. The van der Waals surface area contributed by atoms with Crippen molar-refractivity contribution in [1.29, 1.82) is 0 Å². The summed E-state index contributed by atoms with van der Waals surface area (Å²) in [6.45, 7) is -3.09. The molecule has 1 aromatic carbocycles. The van der Waals surface area contributed by atoms with Crippen LogP contribution in [0.3, 0.4) is 0 Å². The Labute approximate surface area is 117 Å². The van der Waals surface area contributed by atoms with Gasteiger partial charge in [-0.3, -0.25) is 19.9 Å². The fourth-order valence-corrected chi connectivity index (χ4v) is 1.68. The Hall–Kier alpha value is -2.90. The number of nitro groups is 1. The van der Waals surface area contributed by atoms with Crippen LogP contribution in [0.5, 0.6) is 5.75 Å². The lowest BCUT2D eigenvalue weighted by Gasteiger charge is -2.07. The van der Waals surface area contributed by atoms with E-state index < -0.39 is 23.0 Å². The molecule has 0 atom stereocenters. The second-order valence-corrected chi connectivity index (χ2v) is 3.89. The molecule has 2 aromatic rings. The maximum atomic E-state index is 12.2. The quantitative estimate of drug-likeness (QED) is 0.481. The molecule has 6 nitrogen and oxygen atoms in total. The van der Waals surface area contributed by atoms with Crippen molar-refractivity contribution in [1.82, 2.24) is 4.98 Å². The number of alkyl halides is 2. The molecule has 0 N–H and O–H groups in total. The molecule has 108 valence electrons. The predicted octanol–water partition coefficient (Wildman–Crippen LogP) is 2.82. The Balaban J connectivity index is 2.48. The van der Waals surface area contributed by atoms with Gasteiger partial charge in [0.15, 0.2) is 0 Å². The summed E-state index contributed by atoms with van der Waals surface area (Å²) in [5.41, 5.74) is -0.730. The smallest absolute Gasteiger partial charge is 0.387 e. The number of benzene rings is 1. The Bertz CT molecular complexity index is 677. The summed E-state index contributed by atoms with van der Waals surface area (Å²) in [6, 6.07) is 5.77. The third-order valence-electron chi connectivity index (χ3n) is 2.56. The lowest BCUT2D eigenvalue weighted by molar-refractivity contribution is -0.385. The van der Waals surface area contributed by atoms with Crippen molar-refractivity contribution < 1.29 is 23.2 Å². The highest BCUT2D eigenvalue weighted by Gasteiger charge is 2.23. The van der Waals surface area contributed by atoms with E-state index in [0.29, 0.717) is 0 Å². The molecule has 0 aliphatic heterocycles. The number of carbonyl (C=O) groups excluding carboxylic acids is 1. The van der Waals surface area contributed by atoms with Gasteiger partial charge in [0.25, 0.3) is 5.69 Å². The lowest BCUT2D eigenvalue weighted by Crippen LogP contribution is -2.08. The molecule has 0 fully saturated rings. The van der Waals surface area contributed by atoms with Crippen molar-refractivity contribution in [3.8, 4) is 5.75 Å². The maximum absolute atomic E-state index is 12.2. The Morgan fingerprint density at radius 3 is 2.67 bits per heavy atom. The van der Waals surface area contributed by atoms with Crippen molar-refractivity contribution in [2.45, 2.75) is 6.61 Å². The number of rotatable bonds is 5. The van der Waals surface area contributed by atoms with Crippen molar-refractivity contribution in [2.24, 2.45) is 0 Å². The van der Waals surface area contributed by atoms with Crippen molar-refractivity contribution in [3.63, 3.8) is 0 Å². The van der Waals surface area contributed by atoms with Crippen LogP contribution in [0, 0.1) is 10.1 Å². The zero-order valence-electron chi connectivity index (χ0n) is 10.4. The molecule has 0 bridgehead atoms. The molecule has 1 heterocycles. The molecular formula is C13H8F2N2O4. The van der Waals surface area contributed by atoms with Gasteiger partial charge in [0.1, 0.15) is 11.3 Å². The maximum Gasteiger partial charge on any atom is 0.387 e. The lowest BCUT2D eigenvalue weighted by atomic mass is 10.0. The third kappa shape index (κ3) is 3.35. The van der Waals surface area contributed by atoms with E-state index in [4.69, 9.17) is 0 Å². The normalized spacial score (nSPS) is 10.4. The summed E-state index contributed by atoms with van der Waals surface area (Å²) in [7, 11) is 0. The van der Waals surface area contributed by atoms with Crippen LogP contribution in [-0.4, -0.2) is 22.3 Å². The van der Waals surface area contributed by atoms with E-state index in [2.05, 4.69) is 9.72 Å². The minimum atomic E-state index is -3.09. The molecule has 0 amide bonds. The number of ether oxygens (including phenoxy) is 1. The van der Waals surface area contributed by atoms with E-state index in [9.17, 15) is 23.7 Å². The van der Waals surface area contributed by atoms with Crippen LogP contribution in [0.15, 0.2) is 42.7 Å². The second kappa shape index (κ2) is 6.04. The van der Waals surface area contributed by atoms with Gasteiger partial charge < -0.3 is 4.74 Å². The van der Waals surface area contributed by atoms with Crippen LogP contribution < -0.4 is 4.74 Å². The van der Waals surface area contributed by atoms with Crippen LogP contribution in [-0.2, 0) is 0 Å². The van der Waals surface area contributed by atoms with E-state index >= 15 is 0 Å². The molecule has 0 aliphatic carbocycles. The van der Waals surface area contributed by atoms with E-state index in [0.717, 1.165) is 18.2 Å². The first kappa shape index (κ1) is 14.5. The SMILES string of the molecule is O=C(c1cccnc1)c1cc(OC(F)F)ccc1[N+](=O)[O-]. The first-order valence-corrected chi connectivity index (χ1v) is 5.67. The average Bonchev–Trinajstić information content (AvgIpc) is 2.46. The molecule has 0 unspecified atom stereocenters. The fraction of sp³-hybridized carbons (Fsp3) is 0.0769. The number of pyridine rings is 1. The molecule has 2 rings (SSSR count). The molecule has 8 heteroatoms. The number of ketones is 1. The van der Waals surface area contributed by atoms with Crippen molar-refractivity contribution >= 4 is 11.5 Å². The second-order valence-electron chi connectivity index (χ2n) is 3.89. The summed E-state index contributed by atoms with van der Waals surface area (Å²) >= 11 is 0. The van der Waals surface area contributed by atoms with E-state index in [-0.39, 0.29) is 16.9 Å². The minimum Gasteiger partial charge on any atom is -0.435 e. The minimum absolute atomic E-state index is 0.106. The molecule has 0 saturated heterocycles. The fourth-order valence-electron chi connectivity index (χ4n) is 1.68. The predicted molar refractivity (Wildman–Crippen MR) is 67.4 cm³/mol. The first-order chi connectivity index (χ1) is 9.99. The van der Waals surface area contributed by atoms with Gasteiger partial charge in [-0.1, -0.05) is 0 Å². The average molecular weight is 294 g/mol. The highest BCUT2D eigenvalue weighted by Crippen LogP contribution is 2.27. The third-order valence-corrected chi connectivity index (χ3v) is 2.56. The van der Waals surface area contributed by atoms with Gasteiger partial charge in [-0.25, -0.2) is 0 Å². The summed E-state index contributed by atoms with van der Waals surface area (Å²) in [5.74, 6) is -1.03. The zero-order chi connectivity index (χ0) is 15.4.